The van der Waals surface area contributed by atoms with E-state index in [1.165, 1.54) is 0 Å². The number of hydrogen-bond acceptors (Lipinski definition) is 3. The maximum absolute atomic E-state index is 12.7. The third kappa shape index (κ3) is 2.52. The van der Waals surface area contributed by atoms with Gasteiger partial charge < -0.3 is 0 Å². The molecule has 0 saturated heterocycles. The van der Waals surface area contributed by atoms with E-state index in [1.54, 1.807) is 30.5 Å². The number of pyridine rings is 2. The molecule has 2 aromatic heterocycles. The highest BCUT2D eigenvalue weighted by molar-refractivity contribution is 6.31. The van der Waals surface area contributed by atoms with Crippen molar-refractivity contribution < 1.29 is 4.79 Å². The molecule has 4 heteroatoms. The van der Waals surface area contributed by atoms with Gasteiger partial charge in [-0.2, -0.15) is 0 Å². The molecule has 0 fully saturated rings. The summed E-state index contributed by atoms with van der Waals surface area (Å²) in [6.07, 6.45) is 1.61. The Morgan fingerprint density at radius 1 is 1.14 bits per heavy atom. The van der Waals surface area contributed by atoms with Crippen LogP contribution >= 0.6 is 11.6 Å². The van der Waals surface area contributed by atoms with Crippen LogP contribution in [0, 0.1) is 13.8 Å². The van der Waals surface area contributed by atoms with Crippen molar-refractivity contribution in [1.82, 2.24) is 9.97 Å². The van der Waals surface area contributed by atoms with Gasteiger partial charge in [-0.15, -0.1) is 0 Å². The number of halogens is 1. The molecule has 0 radical (unpaired) electrons. The second-order valence-corrected chi connectivity index (χ2v) is 5.40. The van der Waals surface area contributed by atoms with Gasteiger partial charge in [0, 0.05) is 17.1 Å². The Balaban J connectivity index is 2.30. The van der Waals surface area contributed by atoms with Gasteiger partial charge in [-0.05, 0) is 43.7 Å². The van der Waals surface area contributed by atoms with E-state index in [0.717, 1.165) is 22.0 Å². The van der Waals surface area contributed by atoms with Crippen LogP contribution in [0.2, 0.25) is 5.15 Å². The average Bonchev–Trinajstić information content (AvgIpc) is 2.47. The minimum Gasteiger partial charge on any atom is -0.287 e. The molecule has 0 amide bonds. The summed E-state index contributed by atoms with van der Waals surface area (Å²) in [6.45, 7) is 3.96. The van der Waals surface area contributed by atoms with E-state index in [4.69, 9.17) is 11.6 Å². The van der Waals surface area contributed by atoms with E-state index in [2.05, 4.69) is 9.97 Å². The molecule has 3 nitrogen and oxygen atoms in total. The molecule has 104 valence electrons. The number of carbonyl (C=O) groups excluding carboxylic acids is 1. The summed E-state index contributed by atoms with van der Waals surface area (Å²) in [5.41, 5.74) is 3.78. The summed E-state index contributed by atoms with van der Waals surface area (Å²) in [7, 11) is 0. The lowest BCUT2D eigenvalue weighted by atomic mass is 9.99. The molecule has 2 heterocycles. The fourth-order valence-electron chi connectivity index (χ4n) is 2.47. The molecule has 3 aromatic rings. The molecule has 0 aliphatic rings. The highest BCUT2D eigenvalue weighted by atomic mass is 35.5. The first kappa shape index (κ1) is 13.7. The summed E-state index contributed by atoms with van der Waals surface area (Å²) >= 11 is 6.08. The number of hydrogen-bond donors (Lipinski definition) is 0. The van der Waals surface area contributed by atoms with Gasteiger partial charge in [-0.25, -0.2) is 4.98 Å². The predicted molar refractivity (Wildman–Crippen MR) is 83.9 cm³/mol. The Morgan fingerprint density at radius 2 is 1.95 bits per heavy atom. The van der Waals surface area contributed by atoms with Crippen LogP contribution in [-0.2, 0) is 0 Å². The zero-order valence-electron chi connectivity index (χ0n) is 11.7. The van der Waals surface area contributed by atoms with Crippen molar-refractivity contribution in [3.63, 3.8) is 0 Å². The molecule has 0 bridgehead atoms. The van der Waals surface area contributed by atoms with Crippen LogP contribution in [-0.4, -0.2) is 15.8 Å². The summed E-state index contributed by atoms with van der Waals surface area (Å²) in [5, 5.41) is 1.13. The number of nitrogens with zero attached hydrogens (tertiary/aromatic N) is 2. The van der Waals surface area contributed by atoms with Gasteiger partial charge in [0.25, 0.3) is 0 Å². The van der Waals surface area contributed by atoms with Crippen molar-refractivity contribution in [2.45, 2.75) is 13.8 Å². The van der Waals surface area contributed by atoms with Crippen LogP contribution in [0.4, 0.5) is 0 Å². The zero-order chi connectivity index (χ0) is 15.0. The largest absolute Gasteiger partial charge is 0.287 e. The lowest BCUT2D eigenvalue weighted by Gasteiger charge is -2.09. The first-order chi connectivity index (χ1) is 10.1. The SMILES string of the molecule is Cc1cc(C)c2nc(Cl)cc(C(=O)c3ccccn3)c2c1. The van der Waals surface area contributed by atoms with Gasteiger partial charge in [0.2, 0.25) is 5.78 Å². The maximum atomic E-state index is 12.7. The first-order valence-electron chi connectivity index (χ1n) is 6.59. The topological polar surface area (TPSA) is 42.9 Å². The van der Waals surface area contributed by atoms with Crippen molar-refractivity contribution in [2.24, 2.45) is 0 Å². The van der Waals surface area contributed by atoms with Crippen molar-refractivity contribution in [3.8, 4) is 0 Å². The van der Waals surface area contributed by atoms with Crippen LogP contribution in [0.25, 0.3) is 10.9 Å². The second kappa shape index (κ2) is 5.26. The van der Waals surface area contributed by atoms with Crippen molar-refractivity contribution in [2.75, 3.05) is 0 Å². The van der Waals surface area contributed by atoms with E-state index in [9.17, 15) is 4.79 Å². The fourth-order valence-corrected chi connectivity index (χ4v) is 2.67. The number of rotatable bonds is 2. The molecule has 0 N–H and O–H groups in total. The van der Waals surface area contributed by atoms with E-state index < -0.39 is 0 Å². The minimum atomic E-state index is -0.144. The second-order valence-electron chi connectivity index (χ2n) is 5.01. The third-order valence-electron chi connectivity index (χ3n) is 3.36. The van der Waals surface area contributed by atoms with Crippen LogP contribution in [0.5, 0.6) is 0 Å². The third-order valence-corrected chi connectivity index (χ3v) is 3.55. The van der Waals surface area contributed by atoms with Crippen LogP contribution < -0.4 is 0 Å². The zero-order valence-corrected chi connectivity index (χ0v) is 12.5. The van der Waals surface area contributed by atoms with Crippen molar-refractivity contribution in [3.05, 3.63) is 70.1 Å². The van der Waals surface area contributed by atoms with Gasteiger partial charge in [0.05, 0.1) is 5.52 Å². The Labute approximate surface area is 127 Å². The van der Waals surface area contributed by atoms with Crippen LogP contribution in [0.3, 0.4) is 0 Å². The van der Waals surface area contributed by atoms with Gasteiger partial charge in [0.15, 0.2) is 0 Å². The Hall–Kier alpha value is -2.26. The van der Waals surface area contributed by atoms with E-state index in [1.807, 2.05) is 26.0 Å². The van der Waals surface area contributed by atoms with Gasteiger partial charge in [-0.1, -0.05) is 29.3 Å². The smallest absolute Gasteiger partial charge is 0.212 e. The van der Waals surface area contributed by atoms with Crippen molar-refractivity contribution in [1.29, 1.82) is 0 Å². The Morgan fingerprint density at radius 3 is 2.67 bits per heavy atom. The molecule has 0 saturated carbocycles. The minimum absolute atomic E-state index is 0.144. The molecule has 0 unspecified atom stereocenters. The van der Waals surface area contributed by atoms with Crippen LogP contribution in [0.15, 0.2) is 42.6 Å². The molecule has 0 aliphatic carbocycles. The highest BCUT2D eigenvalue weighted by Crippen LogP contribution is 2.26. The maximum Gasteiger partial charge on any atom is 0.212 e. The molecular formula is C17H13ClN2O. The van der Waals surface area contributed by atoms with Crippen molar-refractivity contribution >= 4 is 28.3 Å². The number of aromatic nitrogens is 2. The lowest BCUT2D eigenvalue weighted by molar-refractivity contribution is 0.103. The quantitative estimate of drug-likeness (QED) is 0.527. The van der Waals surface area contributed by atoms with E-state index >= 15 is 0 Å². The van der Waals surface area contributed by atoms with Gasteiger partial charge in [0.1, 0.15) is 10.8 Å². The lowest BCUT2D eigenvalue weighted by Crippen LogP contribution is -2.05. The number of carbonyl (C=O) groups is 1. The fraction of sp³-hybridized carbons (Fsp3) is 0.118. The molecule has 0 spiro atoms. The number of ketones is 1. The van der Waals surface area contributed by atoms with Gasteiger partial charge in [-0.3, -0.25) is 9.78 Å². The standard InChI is InChI=1S/C17H13ClN2O/c1-10-7-11(2)16-12(8-10)13(9-15(18)20-16)17(21)14-5-3-4-6-19-14/h3-9H,1-2H3. The predicted octanol–water partition coefficient (Wildman–Crippen LogP) is 4.13. The average molecular weight is 297 g/mol. The summed E-state index contributed by atoms with van der Waals surface area (Å²) in [5.74, 6) is -0.144. The summed E-state index contributed by atoms with van der Waals surface area (Å²) in [4.78, 5) is 21.2. The molecular weight excluding hydrogens is 284 g/mol. The highest BCUT2D eigenvalue weighted by Gasteiger charge is 2.16. The molecule has 3 rings (SSSR count). The Kier molecular flexibility index (Phi) is 3.43. The normalized spacial score (nSPS) is 10.8. The number of fused-ring (bicyclic) bond motifs is 1. The molecule has 1 aromatic carbocycles. The monoisotopic (exact) mass is 296 g/mol. The number of aryl methyl sites for hydroxylation is 2. The molecule has 0 aliphatic heterocycles. The summed E-state index contributed by atoms with van der Waals surface area (Å²) < 4.78 is 0. The van der Waals surface area contributed by atoms with Gasteiger partial charge >= 0.3 is 0 Å². The Bertz CT molecular complexity index is 844. The van der Waals surface area contributed by atoms with Crippen LogP contribution in [0.1, 0.15) is 27.2 Å². The summed E-state index contributed by atoms with van der Waals surface area (Å²) in [6, 6.07) is 10.9. The molecule has 21 heavy (non-hydrogen) atoms. The number of benzene rings is 1. The van der Waals surface area contributed by atoms with E-state index in [-0.39, 0.29) is 5.78 Å². The first-order valence-corrected chi connectivity index (χ1v) is 6.97. The van der Waals surface area contributed by atoms with E-state index in [0.29, 0.717) is 16.4 Å². The molecule has 0 atom stereocenters.